The number of fused-ring (bicyclic) bond motifs is 1. The second-order valence-electron chi connectivity index (χ2n) is 8.49. The second-order valence-corrected chi connectivity index (χ2v) is 9.27. The summed E-state index contributed by atoms with van der Waals surface area (Å²) < 4.78 is 11.9. The molecule has 5 aromatic rings. The highest BCUT2D eigenvalue weighted by Gasteiger charge is 2.27. The van der Waals surface area contributed by atoms with E-state index in [1.54, 1.807) is 25.4 Å². The van der Waals surface area contributed by atoms with Crippen molar-refractivity contribution in [2.24, 2.45) is 0 Å². The molecule has 0 spiro atoms. The van der Waals surface area contributed by atoms with E-state index in [2.05, 4.69) is 15.4 Å². The van der Waals surface area contributed by atoms with Crippen molar-refractivity contribution in [2.75, 3.05) is 11.9 Å². The Hall–Kier alpha value is -4.83. The van der Waals surface area contributed by atoms with Crippen LogP contribution in [0.1, 0.15) is 22.8 Å². The van der Waals surface area contributed by atoms with Gasteiger partial charge in [0.25, 0.3) is 5.56 Å². The van der Waals surface area contributed by atoms with E-state index in [1.165, 1.54) is 16.0 Å². The largest absolute Gasteiger partial charge is 0.458 e. The molecule has 2 aromatic carbocycles. The molecule has 0 bridgehead atoms. The van der Waals surface area contributed by atoms with Crippen molar-refractivity contribution >= 4 is 45.4 Å². The van der Waals surface area contributed by atoms with E-state index < -0.39 is 24.1 Å². The van der Waals surface area contributed by atoms with Gasteiger partial charge in [-0.15, -0.1) is 0 Å². The Labute approximate surface area is 227 Å². The van der Waals surface area contributed by atoms with Gasteiger partial charge in [-0.3, -0.25) is 9.78 Å². The van der Waals surface area contributed by atoms with Crippen molar-refractivity contribution in [3.63, 3.8) is 0 Å². The van der Waals surface area contributed by atoms with Crippen LogP contribution in [-0.2, 0) is 27.4 Å². The monoisotopic (exact) mass is 540 g/mol. The number of carbonyl (C=O) groups excluding carboxylic acids is 2. The topological polar surface area (TPSA) is 112 Å². The predicted molar refractivity (Wildman–Crippen MR) is 149 cm³/mol. The van der Waals surface area contributed by atoms with E-state index in [9.17, 15) is 14.4 Å². The molecule has 0 saturated carbocycles. The van der Waals surface area contributed by atoms with Gasteiger partial charge in [0.15, 0.2) is 6.61 Å². The van der Waals surface area contributed by atoms with Crippen molar-refractivity contribution in [3.05, 3.63) is 105 Å². The van der Waals surface area contributed by atoms with Crippen LogP contribution >= 0.6 is 11.3 Å². The molecule has 1 N–H and O–H groups in total. The molecule has 0 amide bonds. The van der Waals surface area contributed by atoms with Crippen LogP contribution in [0.15, 0.2) is 88.6 Å². The highest BCUT2D eigenvalue weighted by atomic mass is 32.1. The standard InChI is InChI=1S/C29H24N4O5S/c1-2-33-28(35)27(31-23-15-30-14-20-10-6-7-11-22(20)23)25(26(32-33)21-12-13-39-18-21)29(36)38-17-24(34)37-16-19-8-4-3-5-9-19/h3-15,18,31H,2,16-17H2,1H3. The highest BCUT2D eigenvalue weighted by Crippen LogP contribution is 2.31. The summed E-state index contributed by atoms with van der Waals surface area (Å²) in [5.41, 5.74) is 1.63. The Bertz CT molecular complexity index is 1680. The maximum Gasteiger partial charge on any atom is 0.344 e. The molecule has 0 saturated heterocycles. The number of thiophene rings is 1. The van der Waals surface area contributed by atoms with E-state index in [0.717, 1.165) is 16.3 Å². The van der Waals surface area contributed by atoms with E-state index >= 15 is 0 Å². The minimum atomic E-state index is -0.878. The molecular formula is C29H24N4O5S. The number of hydrogen-bond acceptors (Lipinski definition) is 9. The van der Waals surface area contributed by atoms with Gasteiger partial charge in [0.05, 0.1) is 11.9 Å². The number of ether oxygens (including phenoxy) is 2. The number of anilines is 2. The summed E-state index contributed by atoms with van der Waals surface area (Å²) >= 11 is 1.42. The minimum absolute atomic E-state index is 0.0196. The van der Waals surface area contributed by atoms with E-state index in [0.29, 0.717) is 11.3 Å². The predicted octanol–water partition coefficient (Wildman–Crippen LogP) is 5.18. The van der Waals surface area contributed by atoms with Gasteiger partial charge in [-0.2, -0.15) is 16.4 Å². The summed E-state index contributed by atoms with van der Waals surface area (Å²) in [6, 6.07) is 18.5. The zero-order valence-corrected chi connectivity index (χ0v) is 21.8. The van der Waals surface area contributed by atoms with Crippen LogP contribution in [0.25, 0.3) is 22.0 Å². The Kier molecular flexibility index (Phi) is 7.74. The fourth-order valence-electron chi connectivity index (χ4n) is 4.03. The average Bonchev–Trinajstić information content (AvgIpc) is 3.51. The normalized spacial score (nSPS) is 10.8. The van der Waals surface area contributed by atoms with Crippen LogP contribution in [0, 0.1) is 0 Å². The summed E-state index contributed by atoms with van der Waals surface area (Å²) in [7, 11) is 0. The summed E-state index contributed by atoms with van der Waals surface area (Å²) in [5, 5.41) is 12.9. The maximum atomic E-state index is 13.5. The minimum Gasteiger partial charge on any atom is -0.458 e. The lowest BCUT2D eigenvalue weighted by molar-refractivity contribution is -0.148. The molecule has 0 atom stereocenters. The summed E-state index contributed by atoms with van der Waals surface area (Å²) in [4.78, 5) is 43.6. The molecule has 0 aliphatic carbocycles. The number of esters is 2. The fraction of sp³-hybridized carbons (Fsp3) is 0.138. The van der Waals surface area contributed by atoms with Gasteiger partial charge in [-0.25, -0.2) is 14.3 Å². The Morgan fingerprint density at radius 3 is 2.56 bits per heavy atom. The first kappa shape index (κ1) is 25.8. The first-order valence-electron chi connectivity index (χ1n) is 12.2. The van der Waals surface area contributed by atoms with Crippen LogP contribution in [0.5, 0.6) is 0 Å². The quantitative estimate of drug-likeness (QED) is 0.255. The molecular weight excluding hydrogens is 516 g/mol. The van der Waals surface area contributed by atoms with Gasteiger partial charge < -0.3 is 14.8 Å². The second kappa shape index (κ2) is 11.7. The lowest BCUT2D eigenvalue weighted by Gasteiger charge is -2.17. The molecule has 0 aliphatic rings. The number of benzene rings is 2. The third-order valence-corrected chi connectivity index (χ3v) is 6.63. The van der Waals surface area contributed by atoms with Crippen molar-refractivity contribution in [1.82, 2.24) is 14.8 Å². The summed E-state index contributed by atoms with van der Waals surface area (Å²) in [5.74, 6) is -1.59. The highest BCUT2D eigenvalue weighted by molar-refractivity contribution is 7.08. The number of hydrogen-bond donors (Lipinski definition) is 1. The molecule has 0 unspecified atom stereocenters. The van der Waals surface area contributed by atoms with E-state index in [-0.39, 0.29) is 30.1 Å². The maximum absolute atomic E-state index is 13.5. The first-order valence-corrected chi connectivity index (χ1v) is 13.1. The fourth-order valence-corrected chi connectivity index (χ4v) is 4.67. The van der Waals surface area contributed by atoms with Crippen LogP contribution in [0.4, 0.5) is 11.4 Å². The zero-order chi connectivity index (χ0) is 27.2. The molecule has 10 heteroatoms. The van der Waals surface area contributed by atoms with Crippen molar-refractivity contribution < 1.29 is 19.1 Å². The van der Waals surface area contributed by atoms with E-state index in [1.807, 2.05) is 65.4 Å². The first-order chi connectivity index (χ1) is 19.0. The third kappa shape index (κ3) is 5.70. The van der Waals surface area contributed by atoms with Crippen LogP contribution in [0.2, 0.25) is 0 Å². The zero-order valence-electron chi connectivity index (χ0n) is 21.0. The molecule has 39 heavy (non-hydrogen) atoms. The molecule has 5 rings (SSSR count). The Morgan fingerprint density at radius 1 is 1.00 bits per heavy atom. The number of nitrogens with zero attached hydrogens (tertiary/aromatic N) is 3. The molecule has 0 aliphatic heterocycles. The number of aromatic nitrogens is 3. The van der Waals surface area contributed by atoms with Crippen LogP contribution in [-0.4, -0.2) is 33.3 Å². The molecule has 0 radical (unpaired) electrons. The lowest BCUT2D eigenvalue weighted by atomic mass is 10.1. The molecule has 3 heterocycles. The third-order valence-electron chi connectivity index (χ3n) is 5.95. The van der Waals surface area contributed by atoms with Crippen molar-refractivity contribution in [1.29, 1.82) is 0 Å². The van der Waals surface area contributed by atoms with Crippen molar-refractivity contribution in [3.8, 4) is 11.3 Å². The van der Waals surface area contributed by atoms with Crippen molar-refractivity contribution in [2.45, 2.75) is 20.1 Å². The van der Waals surface area contributed by atoms with Gasteiger partial charge in [0, 0.05) is 34.5 Å². The van der Waals surface area contributed by atoms with Gasteiger partial charge in [0.1, 0.15) is 23.6 Å². The average molecular weight is 541 g/mol. The SMILES string of the molecule is CCn1nc(-c2ccsc2)c(C(=O)OCC(=O)OCc2ccccc2)c(Nc2cncc3ccccc23)c1=O. The molecule has 196 valence electrons. The number of nitrogens with one attached hydrogen (secondary N) is 1. The summed E-state index contributed by atoms with van der Waals surface area (Å²) in [6.45, 7) is 1.49. The number of aryl methyl sites for hydroxylation is 1. The number of pyridine rings is 1. The van der Waals surface area contributed by atoms with Gasteiger partial charge in [-0.05, 0) is 23.9 Å². The van der Waals surface area contributed by atoms with Gasteiger partial charge in [-0.1, -0.05) is 54.6 Å². The summed E-state index contributed by atoms with van der Waals surface area (Å²) in [6.07, 6.45) is 3.29. The van der Waals surface area contributed by atoms with Gasteiger partial charge in [0.2, 0.25) is 0 Å². The van der Waals surface area contributed by atoms with Crippen LogP contribution < -0.4 is 10.9 Å². The van der Waals surface area contributed by atoms with Gasteiger partial charge >= 0.3 is 11.9 Å². The molecule has 9 nitrogen and oxygen atoms in total. The number of rotatable bonds is 9. The molecule has 3 aromatic heterocycles. The molecule has 0 fully saturated rings. The van der Waals surface area contributed by atoms with Crippen LogP contribution in [0.3, 0.4) is 0 Å². The lowest BCUT2D eigenvalue weighted by Crippen LogP contribution is -2.29. The smallest absolute Gasteiger partial charge is 0.344 e. The van der Waals surface area contributed by atoms with E-state index in [4.69, 9.17) is 9.47 Å². The number of carbonyl (C=O) groups is 2. The Morgan fingerprint density at radius 2 is 1.79 bits per heavy atom. The Balaban J connectivity index is 1.50.